The molecule has 19 heavy (non-hydrogen) atoms. The van der Waals surface area contributed by atoms with Gasteiger partial charge >= 0.3 is 5.82 Å². The van der Waals surface area contributed by atoms with Crippen molar-refractivity contribution in [2.45, 2.75) is 49.5 Å². The lowest BCUT2D eigenvalue weighted by molar-refractivity contribution is -0.392. The number of nitrogens with zero attached hydrogens (tertiary/aromatic N) is 3. The van der Waals surface area contributed by atoms with Crippen LogP contribution in [-0.2, 0) is 9.05 Å². The van der Waals surface area contributed by atoms with Gasteiger partial charge in [0, 0.05) is 10.7 Å². The number of hydrogen-bond acceptors (Lipinski definition) is 5. The Balaban J connectivity index is 2.39. The zero-order valence-corrected chi connectivity index (χ0v) is 11.7. The van der Waals surface area contributed by atoms with Crippen LogP contribution < -0.4 is 0 Å². The molecule has 1 fully saturated rings. The summed E-state index contributed by atoms with van der Waals surface area (Å²) in [6, 6.07) is 0.00775. The molecular formula is C10H14ClN3O4S. The topological polar surface area (TPSA) is 95.1 Å². The maximum absolute atomic E-state index is 11.3. The summed E-state index contributed by atoms with van der Waals surface area (Å²) in [5.41, 5.74) is 0. The van der Waals surface area contributed by atoms with E-state index in [4.69, 9.17) is 10.7 Å². The third kappa shape index (κ3) is 3.24. The van der Waals surface area contributed by atoms with E-state index in [-0.39, 0.29) is 6.04 Å². The fourth-order valence-electron chi connectivity index (χ4n) is 2.37. The Labute approximate surface area is 115 Å². The van der Waals surface area contributed by atoms with E-state index >= 15 is 0 Å². The van der Waals surface area contributed by atoms with Crippen molar-refractivity contribution in [3.8, 4) is 0 Å². The molecule has 0 unspecified atom stereocenters. The summed E-state index contributed by atoms with van der Waals surface area (Å²) in [6.45, 7) is 0. The van der Waals surface area contributed by atoms with Gasteiger partial charge in [0.1, 0.15) is 0 Å². The first-order chi connectivity index (χ1) is 8.89. The molecule has 1 saturated carbocycles. The lowest BCUT2D eigenvalue weighted by Crippen LogP contribution is -2.09. The zero-order chi connectivity index (χ0) is 14.0. The van der Waals surface area contributed by atoms with Gasteiger partial charge in [-0.1, -0.05) is 25.7 Å². The maximum atomic E-state index is 11.3. The Kier molecular flexibility index (Phi) is 4.10. The molecule has 0 bridgehead atoms. The Morgan fingerprint density at radius 3 is 2.32 bits per heavy atom. The van der Waals surface area contributed by atoms with Crippen LogP contribution in [-0.4, -0.2) is 23.1 Å². The fraction of sp³-hybridized carbons (Fsp3) is 0.700. The van der Waals surface area contributed by atoms with Crippen molar-refractivity contribution in [2.75, 3.05) is 0 Å². The van der Waals surface area contributed by atoms with Gasteiger partial charge in [-0.25, -0.2) is 8.42 Å². The largest absolute Gasteiger partial charge is 0.410 e. The van der Waals surface area contributed by atoms with Crippen molar-refractivity contribution >= 4 is 25.6 Å². The molecule has 1 aromatic rings. The van der Waals surface area contributed by atoms with E-state index in [1.807, 2.05) is 0 Å². The molecule has 1 heterocycles. The molecule has 0 spiro atoms. The molecule has 0 atom stereocenters. The highest BCUT2D eigenvalue weighted by Crippen LogP contribution is 2.31. The Morgan fingerprint density at radius 1 is 1.32 bits per heavy atom. The second-order valence-electron chi connectivity index (χ2n) is 4.64. The quantitative estimate of drug-likeness (QED) is 0.370. The van der Waals surface area contributed by atoms with Crippen LogP contribution in [0.25, 0.3) is 0 Å². The van der Waals surface area contributed by atoms with Crippen LogP contribution in [0.1, 0.15) is 44.6 Å². The van der Waals surface area contributed by atoms with Gasteiger partial charge < -0.3 is 10.1 Å². The smallest absolute Gasteiger partial charge is 0.358 e. The summed E-state index contributed by atoms with van der Waals surface area (Å²) in [7, 11) is 1.05. The van der Waals surface area contributed by atoms with Crippen molar-refractivity contribution in [1.29, 1.82) is 0 Å². The molecule has 0 aromatic carbocycles. The van der Waals surface area contributed by atoms with Crippen LogP contribution >= 0.6 is 10.7 Å². The van der Waals surface area contributed by atoms with Crippen LogP contribution in [0.2, 0.25) is 0 Å². The molecule has 1 aliphatic carbocycles. The molecule has 0 radical (unpaired) electrons. The first-order valence-electron chi connectivity index (χ1n) is 6.08. The number of nitro groups is 1. The van der Waals surface area contributed by atoms with Gasteiger partial charge in [0.05, 0.1) is 17.3 Å². The second-order valence-corrected chi connectivity index (χ2v) is 7.17. The van der Waals surface area contributed by atoms with E-state index < -0.39 is 24.7 Å². The van der Waals surface area contributed by atoms with Gasteiger partial charge in [-0.15, -0.1) is 0 Å². The van der Waals surface area contributed by atoms with Crippen molar-refractivity contribution < 1.29 is 13.3 Å². The molecule has 1 aliphatic rings. The van der Waals surface area contributed by atoms with E-state index in [9.17, 15) is 18.5 Å². The standard InChI is InChI=1S/C10H14ClN3O4S/c11-19(17,18)9-7-13(12-10(9)14(15)16)8-5-3-1-2-4-6-8/h7-8H,1-6H2. The third-order valence-electron chi connectivity index (χ3n) is 3.31. The Bertz CT molecular complexity index is 576. The van der Waals surface area contributed by atoms with E-state index in [0.29, 0.717) is 0 Å². The van der Waals surface area contributed by atoms with Crippen molar-refractivity contribution in [1.82, 2.24) is 9.78 Å². The predicted octanol–water partition coefficient (Wildman–Crippen LogP) is 2.61. The summed E-state index contributed by atoms with van der Waals surface area (Å²) in [5.74, 6) is -0.695. The summed E-state index contributed by atoms with van der Waals surface area (Å²) in [5, 5.41) is 14.6. The molecule has 1 aromatic heterocycles. The number of aromatic nitrogens is 2. The van der Waals surface area contributed by atoms with Gasteiger partial charge in [-0.05, 0) is 17.8 Å². The predicted molar refractivity (Wildman–Crippen MR) is 68.7 cm³/mol. The molecule has 0 N–H and O–H groups in total. The van der Waals surface area contributed by atoms with Gasteiger partial charge in [0.2, 0.25) is 4.90 Å². The number of rotatable bonds is 3. The normalized spacial score (nSPS) is 18.2. The molecule has 9 heteroatoms. The molecule has 2 rings (SSSR count). The molecular weight excluding hydrogens is 294 g/mol. The Hall–Kier alpha value is -1.15. The fourth-order valence-corrected chi connectivity index (χ4v) is 3.27. The maximum Gasteiger partial charge on any atom is 0.410 e. The van der Waals surface area contributed by atoms with Crippen LogP contribution in [0.3, 0.4) is 0 Å². The lowest BCUT2D eigenvalue weighted by atomic mass is 10.1. The highest BCUT2D eigenvalue weighted by molar-refractivity contribution is 8.13. The Morgan fingerprint density at radius 2 is 1.89 bits per heavy atom. The summed E-state index contributed by atoms with van der Waals surface area (Å²) < 4.78 is 24.0. The highest BCUT2D eigenvalue weighted by atomic mass is 35.7. The minimum Gasteiger partial charge on any atom is -0.358 e. The van der Waals surface area contributed by atoms with Crippen LogP contribution in [0.15, 0.2) is 11.1 Å². The van der Waals surface area contributed by atoms with E-state index in [1.165, 1.54) is 10.9 Å². The SMILES string of the molecule is O=[N+]([O-])c1nn(C2CCCCCC2)cc1S(=O)(=O)Cl. The van der Waals surface area contributed by atoms with E-state index in [2.05, 4.69) is 5.10 Å². The monoisotopic (exact) mass is 307 g/mol. The lowest BCUT2D eigenvalue weighted by Gasteiger charge is -2.10. The molecule has 106 valence electrons. The molecule has 0 aliphatic heterocycles. The van der Waals surface area contributed by atoms with Crippen LogP contribution in [0.5, 0.6) is 0 Å². The third-order valence-corrected chi connectivity index (χ3v) is 4.63. The van der Waals surface area contributed by atoms with Gasteiger partial charge in [0.25, 0.3) is 9.05 Å². The van der Waals surface area contributed by atoms with Crippen molar-refractivity contribution in [3.63, 3.8) is 0 Å². The average molecular weight is 308 g/mol. The number of halogens is 1. The number of hydrogen-bond donors (Lipinski definition) is 0. The molecule has 0 amide bonds. The van der Waals surface area contributed by atoms with E-state index in [1.54, 1.807) is 0 Å². The van der Waals surface area contributed by atoms with Gasteiger partial charge in [-0.2, -0.15) is 4.68 Å². The molecule has 0 saturated heterocycles. The van der Waals surface area contributed by atoms with Gasteiger partial charge in [0.15, 0.2) is 0 Å². The average Bonchev–Trinajstić information content (AvgIpc) is 2.60. The zero-order valence-electron chi connectivity index (χ0n) is 10.2. The summed E-state index contributed by atoms with van der Waals surface area (Å²) in [4.78, 5) is 9.50. The second kappa shape index (κ2) is 5.46. The highest BCUT2D eigenvalue weighted by Gasteiger charge is 2.32. The molecule has 7 nitrogen and oxygen atoms in total. The summed E-state index contributed by atoms with van der Waals surface area (Å²) >= 11 is 0. The summed E-state index contributed by atoms with van der Waals surface area (Å²) in [6.07, 6.45) is 7.15. The van der Waals surface area contributed by atoms with Crippen LogP contribution in [0, 0.1) is 10.1 Å². The minimum atomic E-state index is -4.16. The van der Waals surface area contributed by atoms with Gasteiger partial charge in [-0.3, -0.25) is 0 Å². The van der Waals surface area contributed by atoms with Crippen molar-refractivity contribution in [3.05, 3.63) is 16.3 Å². The van der Waals surface area contributed by atoms with Crippen molar-refractivity contribution in [2.24, 2.45) is 0 Å². The van der Waals surface area contributed by atoms with E-state index in [0.717, 1.165) is 38.5 Å². The first-order valence-corrected chi connectivity index (χ1v) is 8.39. The minimum absolute atomic E-state index is 0.00775. The first kappa shape index (κ1) is 14.3. The van der Waals surface area contributed by atoms with Crippen LogP contribution in [0.4, 0.5) is 5.82 Å².